The standard InChI is InChI=1S/C19H18FNO5/c1-12(13-2-5-15(20)6-3-13)21-18(22)11-26-19(23)14-4-7-16-17(10-14)25-9-8-24-16/h2-7,10,12H,8-9,11H2,1H3,(H,21,22)/t12-/m1/s1. The molecule has 7 heteroatoms. The lowest BCUT2D eigenvalue weighted by Gasteiger charge is -2.18. The lowest BCUT2D eigenvalue weighted by Crippen LogP contribution is -2.31. The first-order chi connectivity index (χ1) is 12.5. The fourth-order valence-electron chi connectivity index (χ4n) is 2.50. The number of carbonyl (C=O) groups is 2. The van der Waals surface area contributed by atoms with Crippen LogP contribution in [0.4, 0.5) is 4.39 Å². The minimum atomic E-state index is -0.633. The molecule has 0 fully saturated rings. The average molecular weight is 359 g/mol. The Morgan fingerprint density at radius 3 is 2.54 bits per heavy atom. The molecule has 0 bridgehead atoms. The maximum atomic E-state index is 12.9. The first-order valence-corrected chi connectivity index (χ1v) is 8.14. The molecule has 1 aliphatic heterocycles. The molecule has 2 aromatic rings. The number of hydrogen-bond acceptors (Lipinski definition) is 5. The topological polar surface area (TPSA) is 73.9 Å². The van der Waals surface area contributed by atoms with Crippen LogP contribution in [0.1, 0.15) is 28.9 Å². The van der Waals surface area contributed by atoms with Gasteiger partial charge in [0.25, 0.3) is 5.91 Å². The number of nitrogens with one attached hydrogen (secondary N) is 1. The lowest BCUT2D eigenvalue weighted by atomic mass is 10.1. The number of hydrogen-bond donors (Lipinski definition) is 1. The van der Waals surface area contributed by atoms with E-state index in [4.69, 9.17) is 14.2 Å². The SMILES string of the molecule is C[C@@H](NC(=O)COC(=O)c1ccc2c(c1)OCCO2)c1ccc(F)cc1. The molecule has 0 radical (unpaired) electrons. The molecule has 1 aliphatic rings. The van der Waals surface area contributed by atoms with Crippen LogP contribution in [-0.4, -0.2) is 31.7 Å². The normalized spacial score (nSPS) is 13.6. The van der Waals surface area contributed by atoms with Crippen LogP contribution in [0.3, 0.4) is 0 Å². The fraction of sp³-hybridized carbons (Fsp3) is 0.263. The first kappa shape index (κ1) is 17.7. The summed E-state index contributed by atoms with van der Waals surface area (Å²) in [5.74, 6) is -0.390. The minimum Gasteiger partial charge on any atom is -0.486 e. The fourth-order valence-corrected chi connectivity index (χ4v) is 2.50. The molecule has 3 rings (SSSR count). The molecular formula is C19H18FNO5. The van der Waals surface area contributed by atoms with Crippen LogP contribution in [0.15, 0.2) is 42.5 Å². The van der Waals surface area contributed by atoms with E-state index in [0.717, 1.165) is 5.56 Å². The maximum Gasteiger partial charge on any atom is 0.338 e. The van der Waals surface area contributed by atoms with E-state index < -0.39 is 18.5 Å². The average Bonchev–Trinajstić information content (AvgIpc) is 2.66. The summed E-state index contributed by atoms with van der Waals surface area (Å²) in [7, 11) is 0. The van der Waals surface area contributed by atoms with Crippen molar-refractivity contribution in [1.82, 2.24) is 5.32 Å². The zero-order chi connectivity index (χ0) is 18.5. The van der Waals surface area contributed by atoms with Crippen LogP contribution in [0, 0.1) is 5.82 Å². The number of rotatable bonds is 5. The smallest absolute Gasteiger partial charge is 0.338 e. The number of ether oxygens (including phenoxy) is 3. The molecular weight excluding hydrogens is 341 g/mol. The molecule has 6 nitrogen and oxygen atoms in total. The number of amides is 1. The van der Waals surface area contributed by atoms with Gasteiger partial charge in [0.05, 0.1) is 11.6 Å². The molecule has 2 aromatic carbocycles. The van der Waals surface area contributed by atoms with Crippen LogP contribution in [0.2, 0.25) is 0 Å². The molecule has 1 heterocycles. The van der Waals surface area contributed by atoms with E-state index in [1.54, 1.807) is 31.2 Å². The lowest BCUT2D eigenvalue weighted by molar-refractivity contribution is -0.124. The molecule has 0 aromatic heterocycles. The Hall–Kier alpha value is -3.09. The third-order valence-electron chi connectivity index (χ3n) is 3.86. The van der Waals surface area contributed by atoms with Crippen LogP contribution < -0.4 is 14.8 Å². The second kappa shape index (κ2) is 7.86. The summed E-state index contributed by atoms with van der Waals surface area (Å²) in [5, 5.41) is 2.69. The second-order valence-electron chi connectivity index (χ2n) is 5.78. The zero-order valence-electron chi connectivity index (χ0n) is 14.2. The molecule has 0 spiro atoms. The maximum absolute atomic E-state index is 12.9. The van der Waals surface area contributed by atoms with Gasteiger partial charge in [-0.25, -0.2) is 9.18 Å². The van der Waals surface area contributed by atoms with Gasteiger partial charge in [-0.2, -0.15) is 0 Å². The van der Waals surface area contributed by atoms with Crippen molar-refractivity contribution < 1.29 is 28.2 Å². The molecule has 0 saturated carbocycles. The second-order valence-corrected chi connectivity index (χ2v) is 5.78. The molecule has 1 amide bonds. The summed E-state index contributed by atoms with van der Waals surface area (Å²) in [4.78, 5) is 24.0. The van der Waals surface area contributed by atoms with Crippen molar-refractivity contribution >= 4 is 11.9 Å². The number of esters is 1. The predicted molar refractivity (Wildman–Crippen MR) is 90.7 cm³/mol. The van der Waals surface area contributed by atoms with E-state index in [9.17, 15) is 14.0 Å². The summed E-state index contributed by atoms with van der Waals surface area (Å²) in [6.45, 7) is 2.21. The largest absolute Gasteiger partial charge is 0.486 e. The third kappa shape index (κ3) is 4.30. The van der Waals surface area contributed by atoms with Gasteiger partial charge in [-0.05, 0) is 42.8 Å². The van der Waals surface area contributed by atoms with E-state index >= 15 is 0 Å². The molecule has 1 N–H and O–H groups in total. The van der Waals surface area contributed by atoms with Gasteiger partial charge in [0.2, 0.25) is 0 Å². The predicted octanol–water partition coefficient (Wildman–Crippen LogP) is 2.63. The first-order valence-electron chi connectivity index (χ1n) is 8.14. The van der Waals surface area contributed by atoms with Crippen molar-refractivity contribution in [2.24, 2.45) is 0 Å². The minimum absolute atomic E-state index is 0.272. The van der Waals surface area contributed by atoms with Crippen molar-refractivity contribution in [3.8, 4) is 11.5 Å². The molecule has 0 saturated heterocycles. The van der Waals surface area contributed by atoms with Crippen LogP contribution in [-0.2, 0) is 9.53 Å². The van der Waals surface area contributed by atoms with Crippen molar-refractivity contribution in [1.29, 1.82) is 0 Å². The van der Waals surface area contributed by atoms with Crippen molar-refractivity contribution in [2.45, 2.75) is 13.0 Å². The van der Waals surface area contributed by atoms with Gasteiger partial charge in [0, 0.05) is 0 Å². The van der Waals surface area contributed by atoms with E-state index in [1.165, 1.54) is 18.2 Å². The molecule has 1 atom stereocenters. The number of benzene rings is 2. The van der Waals surface area contributed by atoms with E-state index in [0.29, 0.717) is 24.7 Å². The van der Waals surface area contributed by atoms with Gasteiger partial charge < -0.3 is 19.5 Å². The summed E-state index contributed by atoms with van der Waals surface area (Å²) < 4.78 is 28.8. The highest BCUT2D eigenvalue weighted by atomic mass is 19.1. The number of carbonyl (C=O) groups excluding carboxylic acids is 2. The Labute approximate surface area is 149 Å². The van der Waals surface area contributed by atoms with Gasteiger partial charge in [0.1, 0.15) is 19.0 Å². The highest BCUT2D eigenvalue weighted by Crippen LogP contribution is 2.30. The van der Waals surface area contributed by atoms with E-state index in [1.807, 2.05) is 0 Å². The van der Waals surface area contributed by atoms with Gasteiger partial charge >= 0.3 is 5.97 Å². The summed E-state index contributed by atoms with van der Waals surface area (Å²) in [6, 6.07) is 10.2. The zero-order valence-corrected chi connectivity index (χ0v) is 14.2. The Bertz CT molecular complexity index is 806. The Kier molecular flexibility index (Phi) is 5.36. The quantitative estimate of drug-likeness (QED) is 0.831. The molecule has 0 unspecified atom stereocenters. The van der Waals surface area contributed by atoms with Crippen molar-refractivity contribution in [3.63, 3.8) is 0 Å². The molecule has 136 valence electrons. The highest BCUT2D eigenvalue weighted by Gasteiger charge is 2.17. The summed E-state index contributed by atoms with van der Waals surface area (Å²) in [6.07, 6.45) is 0. The Balaban J connectivity index is 1.52. The van der Waals surface area contributed by atoms with Gasteiger partial charge in [-0.3, -0.25) is 4.79 Å². The van der Waals surface area contributed by atoms with Crippen LogP contribution >= 0.6 is 0 Å². The van der Waals surface area contributed by atoms with Gasteiger partial charge in [-0.1, -0.05) is 12.1 Å². The third-order valence-corrected chi connectivity index (χ3v) is 3.86. The highest BCUT2D eigenvalue weighted by molar-refractivity contribution is 5.92. The monoisotopic (exact) mass is 359 g/mol. The van der Waals surface area contributed by atoms with E-state index in [2.05, 4.69) is 5.32 Å². The van der Waals surface area contributed by atoms with Crippen molar-refractivity contribution in [2.75, 3.05) is 19.8 Å². The van der Waals surface area contributed by atoms with Gasteiger partial charge in [0.15, 0.2) is 18.1 Å². The van der Waals surface area contributed by atoms with E-state index in [-0.39, 0.29) is 17.4 Å². The van der Waals surface area contributed by atoms with Crippen LogP contribution in [0.25, 0.3) is 0 Å². The van der Waals surface area contributed by atoms with Crippen molar-refractivity contribution in [3.05, 3.63) is 59.4 Å². The Morgan fingerprint density at radius 2 is 1.81 bits per heavy atom. The number of fused-ring (bicyclic) bond motifs is 1. The van der Waals surface area contributed by atoms with Gasteiger partial charge in [-0.15, -0.1) is 0 Å². The van der Waals surface area contributed by atoms with Crippen LogP contribution in [0.5, 0.6) is 11.5 Å². The number of halogens is 1. The summed E-state index contributed by atoms with van der Waals surface area (Å²) >= 11 is 0. The molecule has 26 heavy (non-hydrogen) atoms. The molecule has 0 aliphatic carbocycles. The summed E-state index contributed by atoms with van der Waals surface area (Å²) in [5.41, 5.74) is 1.02. The Morgan fingerprint density at radius 1 is 1.12 bits per heavy atom.